The summed E-state index contributed by atoms with van der Waals surface area (Å²) >= 11 is 1.49. The number of thiazole rings is 1. The topological polar surface area (TPSA) is 54.5 Å². The molecule has 7 heteroatoms. The summed E-state index contributed by atoms with van der Waals surface area (Å²) in [6.45, 7) is 3.81. The molecule has 1 aliphatic heterocycles. The van der Waals surface area contributed by atoms with Crippen molar-refractivity contribution in [1.82, 2.24) is 10.3 Å². The predicted octanol–water partition coefficient (Wildman–Crippen LogP) is 0.761. The second kappa shape index (κ2) is 6.03. The van der Waals surface area contributed by atoms with Gasteiger partial charge in [-0.2, -0.15) is 0 Å². The van der Waals surface area contributed by atoms with Crippen molar-refractivity contribution < 1.29 is 9.53 Å². The van der Waals surface area contributed by atoms with E-state index in [-0.39, 0.29) is 18.4 Å². The number of aromatic nitrogens is 1. The molecule has 0 unspecified atom stereocenters. The van der Waals surface area contributed by atoms with Gasteiger partial charge in [-0.1, -0.05) is 0 Å². The van der Waals surface area contributed by atoms with Crippen molar-refractivity contribution in [2.75, 3.05) is 38.2 Å². The van der Waals surface area contributed by atoms with E-state index in [1.54, 1.807) is 5.38 Å². The smallest absolute Gasteiger partial charge is 0.357 e. The van der Waals surface area contributed by atoms with Gasteiger partial charge in [0.2, 0.25) is 0 Å². The van der Waals surface area contributed by atoms with E-state index in [2.05, 4.69) is 19.9 Å². The number of hydrogen-bond donors (Lipinski definition) is 1. The van der Waals surface area contributed by atoms with Crippen molar-refractivity contribution in [3.8, 4) is 0 Å². The fourth-order valence-electron chi connectivity index (χ4n) is 1.46. The first-order valence-electron chi connectivity index (χ1n) is 4.81. The Morgan fingerprint density at radius 3 is 2.88 bits per heavy atom. The first-order valence-corrected chi connectivity index (χ1v) is 5.69. The second-order valence-corrected chi connectivity index (χ2v) is 4.08. The van der Waals surface area contributed by atoms with Gasteiger partial charge in [0.15, 0.2) is 10.8 Å². The molecule has 0 bridgehead atoms. The van der Waals surface area contributed by atoms with Crippen LogP contribution in [0.1, 0.15) is 10.5 Å². The number of nitrogens with one attached hydrogen (secondary N) is 1. The van der Waals surface area contributed by atoms with Crippen molar-refractivity contribution in [1.29, 1.82) is 0 Å². The standard InChI is InChI=1S/C9H13N3O2S.ClH/c1-14-8(13)7-6-15-9(11-7)12-4-2-10-3-5-12;/h6,10H,2-5H2,1H3;1H. The van der Waals surface area contributed by atoms with Gasteiger partial charge in [0.05, 0.1) is 7.11 Å². The lowest BCUT2D eigenvalue weighted by Gasteiger charge is -2.26. The molecule has 2 rings (SSSR count). The summed E-state index contributed by atoms with van der Waals surface area (Å²) < 4.78 is 4.61. The number of carbonyl (C=O) groups is 1. The molecule has 0 radical (unpaired) electrons. The summed E-state index contributed by atoms with van der Waals surface area (Å²) in [6, 6.07) is 0. The minimum Gasteiger partial charge on any atom is -0.464 e. The van der Waals surface area contributed by atoms with E-state index >= 15 is 0 Å². The molecule has 16 heavy (non-hydrogen) atoms. The fraction of sp³-hybridized carbons (Fsp3) is 0.556. The second-order valence-electron chi connectivity index (χ2n) is 3.24. The highest BCUT2D eigenvalue weighted by atomic mass is 35.5. The van der Waals surface area contributed by atoms with E-state index in [1.165, 1.54) is 18.4 Å². The zero-order chi connectivity index (χ0) is 10.7. The Morgan fingerprint density at radius 1 is 1.56 bits per heavy atom. The predicted molar refractivity (Wildman–Crippen MR) is 65.8 cm³/mol. The molecule has 0 aliphatic carbocycles. The fourth-order valence-corrected chi connectivity index (χ4v) is 2.31. The largest absolute Gasteiger partial charge is 0.464 e. The third-order valence-electron chi connectivity index (χ3n) is 2.27. The van der Waals surface area contributed by atoms with Crippen LogP contribution < -0.4 is 10.2 Å². The number of nitrogens with zero attached hydrogens (tertiary/aromatic N) is 2. The zero-order valence-corrected chi connectivity index (χ0v) is 10.6. The number of hydrogen-bond acceptors (Lipinski definition) is 6. The van der Waals surface area contributed by atoms with Crippen LogP contribution >= 0.6 is 23.7 Å². The van der Waals surface area contributed by atoms with Crippen molar-refractivity contribution in [2.24, 2.45) is 0 Å². The van der Waals surface area contributed by atoms with Crippen LogP contribution in [-0.2, 0) is 4.74 Å². The summed E-state index contributed by atoms with van der Waals surface area (Å²) in [5.74, 6) is -0.368. The number of esters is 1. The molecule has 1 N–H and O–H groups in total. The van der Waals surface area contributed by atoms with Crippen LogP contribution in [0.5, 0.6) is 0 Å². The van der Waals surface area contributed by atoms with Crippen LogP contribution in [-0.4, -0.2) is 44.2 Å². The maximum absolute atomic E-state index is 11.2. The van der Waals surface area contributed by atoms with Gasteiger partial charge in [-0.05, 0) is 0 Å². The average Bonchev–Trinajstić information content (AvgIpc) is 2.78. The van der Waals surface area contributed by atoms with Crippen LogP contribution in [0.2, 0.25) is 0 Å². The van der Waals surface area contributed by atoms with E-state index in [4.69, 9.17) is 0 Å². The van der Waals surface area contributed by atoms with E-state index in [0.717, 1.165) is 31.3 Å². The van der Waals surface area contributed by atoms with Gasteiger partial charge in [-0.25, -0.2) is 9.78 Å². The highest BCUT2D eigenvalue weighted by Crippen LogP contribution is 2.20. The van der Waals surface area contributed by atoms with Gasteiger partial charge in [0.25, 0.3) is 0 Å². The molecule has 90 valence electrons. The summed E-state index contributed by atoms with van der Waals surface area (Å²) in [6.07, 6.45) is 0. The molecule has 0 amide bonds. The Morgan fingerprint density at radius 2 is 2.25 bits per heavy atom. The third kappa shape index (κ3) is 2.84. The molecule has 1 fully saturated rings. The third-order valence-corrected chi connectivity index (χ3v) is 3.18. The number of anilines is 1. The minimum absolute atomic E-state index is 0. The quantitative estimate of drug-likeness (QED) is 0.799. The molecule has 0 atom stereocenters. The highest BCUT2D eigenvalue weighted by Gasteiger charge is 2.16. The van der Waals surface area contributed by atoms with Gasteiger partial charge >= 0.3 is 5.97 Å². The van der Waals surface area contributed by atoms with E-state index < -0.39 is 0 Å². The van der Waals surface area contributed by atoms with E-state index in [1.807, 2.05) is 0 Å². The first kappa shape index (κ1) is 13.2. The highest BCUT2D eigenvalue weighted by molar-refractivity contribution is 7.13. The minimum atomic E-state index is -0.368. The number of ether oxygens (including phenoxy) is 1. The Hall–Kier alpha value is -0.850. The lowest BCUT2D eigenvalue weighted by molar-refractivity contribution is 0.0595. The maximum Gasteiger partial charge on any atom is 0.357 e. The van der Waals surface area contributed by atoms with Crippen LogP contribution in [0.15, 0.2) is 5.38 Å². The molecular formula is C9H14ClN3O2S. The molecular weight excluding hydrogens is 250 g/mol. The van der Waals surface area contributed by atoms with Gasteiger partial charge in [-0.3, -0.25) is 0 Å². The summed E-state index contributed by atoms with van der Waals surface area (Å²) in [5, 5.41) is 5.91. The Bertz CT molecular complexity index is 352. The SMILES string of the molecule is COC(=O)c1csc(N2CCNCC2)n1.Cl. The molecule has 2 heterocycles. The molecule has 1 aromatic rings. The molecule has 5 nitrogen and oxygen atoms in total. The molecule has 1 aromatic heterocycles. The van der Waals surface area contributed by atoms with Crippen LogP contribution in [0.25, 0.3) is 0 Å². The van der Waals surface area contributed by atoms with Crippen molar-refractivity contribution in [3.63, 3.8) is 0 Å². The summed E-state index contributed by atoms with van der Waals surface area (Å²) in [7, 11) is 1.37. The Labute approximate surface area is 104 Å². The molecule has 0 aromatic carbocycles. The molecule has 1 saturated heterocycles. The monoisotopic (exact) mass is 263 g/mol. The Balaban J connectivity index is 0.00000128. The number of rotatable bonds is 2. The average molecular weight is 264 g/mol. The lowest BCUT2D eigenvalue weighted by Crippen LogP contribution is -2.43. The van der Waals surface area contributed by atoms with Crippen LogP contribution in [0.4, 0.5) is 5.13 Å². The van der Waals surface area contributed by atoms with Crippen LogP contribution in [0.3, 0.4) is 0 Å². The molecule has 0 spiro atoms. The maximum atomic E-state index is 11.2. The van der Waals surface area contributed by atoms with Crippen molar-refractivity contribution in [2.45, 2.75) is 0 Å². The van der Waals surface area contributed by atoms with Gasteiger partial charge in [-0.15, -0.1) is 23.7 Å². The van der Waals surface area contributed by atoms with Gasteiger partial charge in [0.1, 0.15) is 0 Å². The van der Waals surface area contributed by atoms with E-state index in [9.17, 15) is 4.79 Å². The summed E-state index contributed by atoms with van der Waals surface area (Å²) in [5.41, 5.74) is 0.399. The van der Waals surface area contributed by atoms with Crippen LogP contribution in [0, 0.1) is 0 Å². The zero-order valence-electron chi connectivity index (χ0n) is 8.93. The van der Waals surface area contributed by atoms with Gasteiger partial charge in [0, 0.05) is 31.6 Å². The summed E-state index contributed by atoms with van der Waals surface area (Å²) in [4.78, 5) is 17.6. The number of methoxy groups -OCH3 is 1. The Kier molecular flexibility index (Phi) is 4.98. The van der Waals surface area contributed by atoms with Gasteiger partial charge < -0.3 is 15.0 Å². The molecule has 0 saturated carbocycles. The number of halogens is 1. The first-order chi connectivity index (χ1) is 7.31. The normalized spacial score (nSPS) is 15.4. The number of carbonyl (C=O) groups excluding carboxylic acids is 1. The molecule has 1 aliphatic rings. The van der Waals surface area contributed by atoms with E-state index in [0.29, 0.717) is 5.69 Å². The number of piperazine rings is 1. The lowest BCUT2D eigenvalue weighted by atomic mass is 10.4. The van der Waals surface area contributed by atoms with Crippen molar-refractivity contribution >= 4 is 34.8 Å². The van der Waals surface area contributed by atoms with Crippen molar-refractivity contribution in [3.05, 3.63) is 11.1 Å².